The van der Waals surface area contributed by atoms with Crippen LogP contribution in [0.5, 0.6) is 0 Å². The van der Waals surface area contributed by atoms with Crippen molar-refractivity contribution in [1.82, 2.24) is 15.0 Å². The maximum absolute atomic E-state index is 3.98. The number of fused-ring (bicyclic) bond motifs is 1. The summed E-state index contributed by atoms with van der Waals surface area (Å²) >= 11 is 1.48. The van der Waals surface area contributed by atoms with Gasteiger partial charge in [0.2, 0.25) is 0 Å². The Morgan fingerprint density at radius 2 is 2.44 bits per heavy atom. The maximum Gasteiger partial charge on any atom is 0.190 e. The van der Waals surface area contributed by atoms with Gasteiger partial charge in [0.1, 0.15) is 6.20 Å². The molecule has 2 aromatic rings. The Morgan fingerprint density at radius 3 is 3.33 bits per heavy atom. The Labute approximate surface area is 55.4 Å². The quantitative estimate of drug-likeness (QED) is 0.539. The van der Waals surface area contributed by atoms with Crippen LogP contribution < -0.4 is 0 Å². The fraction of sp³-hybridized carbons (Fsp3) is 0. The van der Waals surface area contributed by atoms with Crippen LogP contribution in [0.3, 0.4) is 0 Å². The lowest BCUT2D eigenvalue weighted by Gasteiger charge is -1.78. The summed E-state index contributed by atoms with van der Waals surface area (Å²) in [5, 5.41) is 0. The molecule has 0 saturated carbocycles. The van der Waals surface area contributed by atoms with Gasteiger partial charge in [-0.15, -0.1) is 11.3 Å². The molecule has 0 aliphatic heterocycles. The summed E-state index contributed by atoms with van der Waals surface area (Å²) in [6.07, 6.45) is 4.15. The van der Waals surface area contributed by atoms with Crippen molar-refractivity contribution in [3.63, 3.8) is 0 Å². The van der Waals surface area contributed by atoms with E-state index in [1.54, 1.807) is 11.7 Å². The molecule has 0 N–H and O–H groups in total. The fourth-order valence-corrected chi connectivity index (χ4v) is 1.15. The molecule has 0 aromatic carbocycles. The first-order valence-corrected chi connectivity index (χ1v) is 3.27. The van der Waals surface area contributed by atoms with E-state index in [1.165, 1.54) is 11.3 Å². The molecule has 9 heavy (non-hydrogen) atoms. The van der Waals surface area contributed by atoms with Gasteiger partial charge < -0.3 is 0 Å². The second-order valence-electron chi connectivity index (χ2n) is 1.48. The minimum Gasteiger partial charge on any atom is -0.240 e. The Balaban J connectivity index is 2.95. The summed E-state index contributed by atoms with van der Waals surface area (Å²) < 4.78 is 0. The number of aromatic nitrogens is 3. The number of hydrogen-bond acceptors (Lipinski definition) is 4. The van der Waals surface area contributed by atoms with Crippen molar-refractivity contribution < 1.29 is 0 Å². The van der Waals surface area contributed by atoms with Crippen molar-refractivity contribution in [2.45, 2.75) is 0 Å². The van der Waals surface area contributed by atoms with Crippen LogP contribution >= 0.6 is 11.3 Å². The summed E-state index contributed by atoms with van der Waals surface area (Å²) in [6, 6.07) is 0. The van der Waals surface area contributed by atoms with Gasteiger partial charge in [0.05, 0.1) is 11.7 Å². The minimum absolute atomic E-state index is 0.683. The zero-order valence-electron chi connectivity index (χ0n) is 4.40. The second kappa shape index (κ2) is 1.73. The highest BCUT2D eigenvalue weighted by Crippen LogP contribution is 2.09. The molecule has 0 spiro atoms. The summed E-state index contributed by atoms with van der Waals surface area (Å²) in [5.74, 6) is 0. The zero-order valence-corrected chi connectivity index (χ0v) is 5.22. The van der Waals surface area contributed by atoms with E-state index in [4.69, 9.17) is 0 Å². The molecule has 3 nitrogen and oxygen atoms in total. The average Bonchev–Trinajstić information content (AvgIpc) is 2.33. The van der Waals surface area contributed by atoms with Crippen LogP contribution in [0.4, 0.5) is 0 Å². The molecule has 0 aliphatic rings. The first kappa shape index (κ1) is 4.81. The Hall–Kier alpha value is -1.03. The van der Waals surface area contributed by atoms with Crippen molar-refractivity contribution in [1.29, 1.82) is 0 Å². The van der Waals surface area contributed by atoms with E-state index in [0.29, 0.717) is 5.65 Å². The Kier molecular flexibility index (Phi) is 0.927. The van der Waals surface area contributed by atoms with E-state index in [2.05, 4.69) is 21.1 Å². The van der Waals surface area contributed by atoms with Crippen LogP contribution in [-0.2, 0) is 0 Å². The van der Waals surface area contributed by atoms with Crippen molar-refractivity contribution in [2.75, 3.05) is 0 Å². The number of hydrogen-bond donors (Lipinski definition) is 0. The molecule has 2 aromatic heterocycles. The predicted octanol–water partition coefficient (Wildman–Crippen LogP) is 0.886. The van der Waals surface area contributed by atoms with Gasteiger partial charge in [-0.3, -0.25) is 0 Å². The summed E-state index contributed by atoms with van der Waals surface area (Å²) in [5.41, 5.74) is 2.40. The number of nitrogens with zero attached hydrogens (tertiary/aromatic N) is 3. The fourth-order valence-electron chi connectivity index (χ4n) is 0.576. The maximum atomic E-state index is 3.98. The van der Waals surface area contributed by atoms with E-state index in [0.717, 1.165) is 4.83 Å². The first-order valence-electron chi connectivity index (χ1n) is 2.39. The lowest BCUT2D eigenvalue weighted by Crippen LogP contribution is -1.75. The van der Waals surface area contributed by atoms with E-state index in [1.807, 2.05) is 0 Å². The third-order valence-corrected chi connectivity index (χ3v) is 1.66. The number of thiazole rings is 1. The Bertz CT molecular complexity index is 286. The molecule has 2 heterocycles. The van der Waals surface area contributed by atoms with Crippen molar-refractivity contribution >= 4 is 21.8 Å². The molecular formula is C5H2N3S. The molecule has 0 aliphatic carbocycles. The topological polar surface area (TPSA) is 38.7 Å². The van der Waals surface area contributed by atoms with Gasteiger partial charge in [-0.25, -0.2) is 15.0 Å². The van der Waals surface area contributed by atoms with E-state index in [-0.39, 0.29) is 0 Å². The van der Waals surface area contributed by atoms with Crippen LogP contribution in [0.1, 0.15) is 0 Å². The largest absolute Gasteiger partial charge is 0.240 e. The monoisotopic (exact) mass is 136 g/mol. The van der Waals surface area contributed by atoms with Crippen LogP contribution in [0, 0.1) is 6.20 Å². The Morgan fingerprint density at radius 1 is 1.44 bits per heavy atom. The smallest absolute Gasteiger partial charge is 0.190 e. The highest BCUT2D eigenvalue weighted by molar-refractivity contribution is 7.16. The highest BCUT2D eigenvalue weighted by atomic mass is 32.1. The molecule has 0 unspecified atom stereocenters. The van der Waals surface area contributed by atoms with Crippen molar-refractivity contribution in [3.05, 3.63) is 17.9 Å². The summed E-state index contributed by atoms with van der Waals surface area (Å²) in [4.78, 5) is 12.6. The molecule has 2 rings (SSSR count). The van der Waals surface area contributed by atoms with Gasteiger partial charge in [0.25, 0.3) is 0 Å². The summed E-state index contributed by atoms with van der Waals surface area (Å²) in [7, 11) is 0. The number of rotatable bonds is 0. The molecule has 0 bridgehead atoms. The predicted molar refractivity (Wildman–Crippen MR) is 34.0 cm³/mol. The average molecular weight is 136 g/mol. The lowest BCUT2D eigenvalue weighted by atomic mass is 10.7. The highest BCUT2D eigenvalue weighted by Gasteiger charge is 1.93. The molecule has 0 amide bonds. The van der Waals surface area contributed by atoms with Gasteiger partial charge in [0.15, 0.2) is 10.5 Å². The van der Waals surface area contributed by atoms with Gasteiger partial charge in [0, 0.05) is 0 Å². The van der Waals surface area contributed by atoms with Crippen LogP contribution in [0.25, 0.3) is 10.5 Å². The van der Waals surface area contributed by atoms with Crippen molar-refractivity contribution in [3.8, 4) is 0 Å². The lowest BCUT2D eigenvalue weighted by molar-refractivity contribution is 1.25. The van der Waals surface area contributed by atoms with Crippen molar-refractivity contribution in [2.24, 2.45) is 0 Å². The SMILES string of the molecule is [c]1cnc2scnc2n1. The molecule has 0 fully saturated rings. The molecule has 0 atom stereocenters. The van der Waals surface area contributed by atoms with Gasteiger partial charge >= 0.3 is 0 Å². The standard InChI is InChI=1S/C5H2N3S/c1-2-7-5-4(6-1)8-3-9-5/h2-3H. The zero-order chi connectivity index (χ0) is 6.10. The van der Waals surface area contributed by atoms with Gasteiger partial charge in [-0.05, 0) is 0 Å². The van der Waals surface area contributed by atoms with Gasteiger partial charge in [-0.2, -0.15) is 0 Å². The minimum atomic E-state index is 0.683. The van der Waals surface area contributed by atoms with E-state index >= 15 is 0 Å². The third-order valence-electron chi connectivity index (χ3n) is 0.941. The van der Waals surface area contributed by atoms with E-state index in [9.17, 15) is 0 Å². The third kappa shape index (κ3) is 0.675. The van der Waals surface area contributed by atoms with Crippen LogP contribution in [-0.4, -0.2) is 15.0 Å². The molecule has 0 saturated heterocycles. The molecule has 1 radical (unpaired) electrons. The van der Waals surface area contributed by atoms with Crippen LogP contribution in [0.15, 0.2) is 11.7 Å². The second-order valence-corrected chi connectivity index (χ2v) is 2.31. The molecule has 43 valence electrons. The normalized spacial score (nSPS) is 10.2. The first-order chi connectivity index (χ1) is 4.47. The van der Waals surface area contributed by atoms with Crippen LogP contribution in [0.2, 0.25) is 0 Å². The molecule has 4 heteroatoms. The summed E-state index contributed by atoms with van der Waals surface area (Å²) in [6.45, 7) is 0. The van der Waals surface area contributed by atoms with E-state index < -0.39 is 0 Å². The molecular weight excluding hydrogens is 134 g/mol. The van der Waals surface area contributed by atoms with Gasteiger partial charge in [-0.1, -0.05) is 0 Å².